The van der Waals surface area contributed by atoms with Gasteiger partial charge in [0.1, 0.15) is 0 Å². The summed E-state index contributed by atoms with van der Waals surface area (Å²) in [5.41, 5.74) is 3.59. The van der Waals surface area contributed by atoms with Gasteiger partial charge in [0.05, 0.1) is 35.5 Å². The molecule has 0 fully saturated rings. The van der Waals surface area contributed by atoms with Crippen molar-refractivity contribution in [2.75, 3.05) is 0 Å². The molecule has 2 aromatic heterocycles. The van der Waals surface area contributed by atoms with E-state index >= 15 is 0 Å². The topological polar surface area (TPSA) is 43.6 Å². The lowest BCUT2D eigenvalue weighted by Gasteiger charge is -1.93. The Labute approximate surface area is 84.2 Å². The molecule has 0 spiro atoms. The van der Waals surface area contributed by atoms with E-state index in [9.17, 15) is 0 Å². The van der Waals surface area contributed by atoms with Crippen LogP contribution in [0.4, 0.5) is 0 Å². The van der Waals surface area contributed by atoms with E-state index in [4.69, 9.17) is 11.6 Å². The summed E-state index contributed by atoms with van der Waals surface area (Å²) in [5, 5.41) is 9.77. The molecule has 0 aromatic carbocycles. The molecule has 0 N–H and O–H groups in total. The molecule has 68 valence electrons. The van der Waals surface area contributed by atoms with Crippen LogP contribution < -0.4 is 0 Å². The zero-order valence-corrected chi connectivity index (χ0v) is 8.29. The molecule has 0 saturated carbocycles. The number of aromatic nitrogens is 4. The zero-order chi connectivity index (χ0) is 9.10. The van der Waals surface area contributed by atoms with E-state index in [0.717, 1.165) is 11.4 Å². The Kier molecular flexibility index (Phi) is 2.56. The van der Waals surface area contributed by atoms with Crippen LogP contribution in [0.2, 0.25) is 0 Å². The highest BCUT2D eigenvalue weighted by molar-refractivity contribution is 7.07. The maximum absolute atomic E-state index is 5.59. The van der Waals surface area contributed by atoms with E-state index in [2.05, 4.69) is 15.3 Å². The molecule has 6 heteroatoms. The van der Waals surface area contributed by atoms with Crippen molar-refractivity contribution in [1.82, 2.24) is 20.0 Å². The minimum Gasteiger partial charge on any atom is -0.248 e. The first-order chi connectivity index (χ1) is 6.38. The number of hydrogen-bond acceptors (Lipinski definition) is 4. The first-order valence-electron chi connectivity index (χ1n) is 3.70. The molecule has 13 heavy (non-hydrogen) atoms. The Hall–Kier alpha value is -0.940. The standard InChI is InChI=1S/C7H7ClN4S/c8-1-6-2-12(11-10-6)3-7-4-13-5-9-7/h2,4-5H,1,3H2. The van der Waals surface area contributed by atoms with E-state index in [0.29, 0.717) is 12.4 Å². The Bertz CT molecular complexity index is 370. The summed E-state index contributed by atoms with van der Waals surface area (Å²) in [7, 11) is 0. The second kappa shape index (κ2) is 3.85. The molecule has 0 aliphatic carbocycles. The first kappa shape index (κ1) is 8.65. The highest BCUT2D eigenvalue weighted by Gasteiger charge is 2.00. The number of hydrogen-bond donors (Lipinski definition) is 0. The molecule has 0 aliphatic heterocycles. The van der Waals surface area contributed by atoms with Gasteiger partial charge < -0.3 is 0 Å². The van der Waals surface area contributed by atoms with Gasteiger partial charge in [-0.3, -0.25) is 0 Å². The molecule has 0 amide bonds. The van der Waals surface area contributed by atoms with Crippen LogP contribution in [0.15, 0.2) is 17.1 Å². The molecule has 2 aromatic rings. The Morgan fingerprint density at radius 3 is 3.00 bits per heavy atom. The third-order valence-corrected chi connectivity index (χ3v) is 2.44. The van der Waals surface area contributed by atoms with E-state index < -0.39 is 0 Å². The largest absolute Gasteiger partial charge is 0.248 e. The number of alkyl halides is 1. The summed E-state index contributed by atoms with van der Waals surface area (Å²) < 4.78 is 1.73. The van der Waals surface area contributed by atoms with Crippen molar-refractivity contribution >= 4 is 22.9 Å². The van der Waals surface area contributed by atoms with E-state index in [1.165, 1.54) is 0 Å². The second-order valence-corrected chi connectivity index (χ2v) is 3.51. The van der Waals surface area contributed by atoms with Crippen molar-refractivity contribution in [2.45, 2.75) is 12.4 Å². The highest BCUT2D eigenvalue weighted by atomic mass is 35.5. The fourth-order valence-electron chi connectivity index (χ4n) is 0.959. The van der Waals surface area contributed by atoms with E-state index in [-0.39, 0.29) is 0 Å². The normalized spacial score (nSPS) is 10.5. The van der Waals surface area contributed by atoms with Crippen molar-refractivity contribution in [2.24, 2.45) is 0 Å². The number of thiazole rings is 1. The van der Waals surface area contributed by atoms with Crippen molar-refractivity contribution in [3.8, 4) is 0 Å². The monoisotopic (exact) mass is 214 g/mol. The molecular formula is C7H7ClN4S. The number of nitrogens with zero attached hydrogens (tertiary/aromatic N) is 4. The van der Waals surface area contributed by atoms with Crippen molar-refractivity contribution in [3.05, 3.63) is 28.5 Å². The van der Waals surface area contributed by atoms with Gasteiger partial charge in [-0.25, -0.2) is 9.67 Å². The molecule has 0 radical (unpaired) electrons. The zero-order valence-electron chi connectivity index (χ0n) is 6.72. The Balaban J connectivity index is 2.10. The summed E-state index contributed by atoms with van der Waals surface area (Å²) in [6, 6.07) is 0. The van der Waals surface area contributed by atoms with Crippen LogP contribution in [0.1, 0.15) is 11.4 Å². The Morgan fingerprint density at radius 1 is 1.46 bits per heavy atom. The van der Waals surface area contributed by atoms with Gasteiger partial charge in [-0.1, -0.05) is 5.21 Å². The second-order valence-electron chi connectivity index (χ2n) is 2.52. The van der Waals surface area contributed by atoms with Crippen LogP contribution in [0, 0.1) is 0 Å². The summed E-state index contributed by atoms with van der Waals surface area (Å²) in [4.78, 5) is 4.14. The highest BCUT2D eigenvalue weighted by Crippen LogP contribution is 2.04. The molecule has 0 atom stereocenters. The number of rotatable bonds is 3. The SMILES string of the molecule is ClCc1cn(Cc2cscn2)nn1. The van der Waals surface area contributed by atoms with Crippen molar-refractivity contribution < 1.29 is 0 Å². The molecule has 0 bridgehead atoms. The molecule has 0 unspecified atom stereocenters. The molecule has 0 aliphatic rings. The maximum Gasteiger partial charge on any atom is 0.0974 e. The minimum atomic E-state index is 0.400. The minimum absolute atomic E-state index is 0.400. The fourth-order valence-corrected chi connectivity index (χ4v) is 1.63. The molecule has 2 heterocycles. The predicted octanol–water partition coefficient (Wildman–Crippen LogP) is 1.52. The number of halogens is 1. The maximum atomic E-state index is 5.59. The molecule has 0 saturated heterocycles. The van der Waals surface area contributed by atoms with Crippen LogP contribution in [0.3, 0.4) is 0 Å². The molecule has 4 nitrogen and oxygen atoms in total. The van der Waals surface area contributed by atoms with Gasteiger partial charge in [-0.15, -0.1) is 28.0 Å². The van der Waals surface area contributed by atoms with Gasteiger partial charge in [0.2, 0.25) is 0 Å². The van der Waals surface area contributed by atoms with Gasteiger partial charge in [0.25, 0.3) is 0 Å². The third-order valence-electron chi connectivity index (χ3n) is 1.53. The smallest absolute Gasteiger partial charge is 0.0974 e. The van der Waals surface area contributed by atoms with Crippen LogP contribution in [-0.4, -0.2) is 20.0 Å². The Morgan fingerprint density at radius 2 is 2.38 bits per heavy atom. The summed E-state index contributed by atoms with van der Waals surface area (Å²) in [6.07, 6.45) is 1.83. The molecule has 2 rings (SSSR count). The first-order valence-corrected chi connectivity index (χ1v) is 5.18. The van der Waals surface area contributed by atoms with Gasteiger partial charge >= 0.3 is 0 Å². The predicted molar refractivity (Wildman–Crippen MR) is 50.8 cm³/mol. The third kappa shape index (κ3) is 2.05. The molecular weight excluding hydrogens is 208 g/mol. The lowest BCUT2D eigenvalue weighted by molar-refractivity contribution is 0.641. The fraction of sp³-hybridized carbons (Fsp3) is 0.286. The van der Waals surface area contributed by atoms with Crippen molar-refractivity contribution in [3.63, 3.8) is 0 Å². The van der Waals surface area contributed by atoms with Gasteiger partial charge in [-0.05, 0) is 0 Å². The quantitative estimate of drug-likeness (QED) is 0.728. The lowest BCUT2D eigenvalue weighted by atomic mass is 10.5. The van der Waals surface area contributed by atoms with Crippen LogP contribution in [0.5, 0.6) is 0 Å². The summed E-state index contributed by atoms with van der Waals surface area (Å²) in [6.45, 7) is 0.660. The summed E-state index contributed by atoms with van der Waals surface area (Å²) in [5.74, 6) is 0.400. The van der Waals surface area contributed by atoms with E-state index in [1.54, 1.807) is 21.5 Å². The lowest BCUT2D eigenvalue weighted by Crippen LogP contribution is -2.00. The van der Waals surface area contributed by atoms with Gasteiger partial charge in [-0.2, -0.15) is 0 Å². The van der Waals surface area contributed by atoms with Crippen LogP contribution in [0.25, 0.3) is 0 Å². The van der Waals surface area contributed by atoms with E-state index in [1.807, 2.05) is 11.6 Å². The van der Waals surface area contributed by atoms with Crippen molar-refractivity contribution in [1.29, 1.82) is 0 Å². The van der Waals surface area contributed by atoms with Crippen LogP contribution in [-0.2, 0) is 12.4 Å². The van der Waals surface area contributed by atoms with Crippen LogP contribution >= 0.6 is 22.9 Å². The average molecular weight is 215 g/mol. The van der Waals surface area contributed by atoms with Gasteiger partial charge in [0, 0.05) is 5.38 Å². The average Bonchev–Trinajstić information content (AvgIpc) is 2.76. The summed E-state index contributed by atoms with van der Waals surface area (Å²) >= 11 is 7.17. The van der Waals surface area contributed by atoms with Gasteiger partial charge in [0.15, 0.2) is 0 Å².